The molecule has 4 aromatic rings. The fraction of sp³-hybridized carbons (Fsp3) is 0.471. The molecular formula is C51H66N10O10. The first-order valence-corrected chi connectivity index (χ1v) is 24.4. The van der Waals surface area contributed by atoms with Gasteiger partial charge in [-0.1, -0.05) is 61.9 Å². The van der Waals surface area contributed by atoms with E-state index in [9.17, 15) is 38.4 Å². The Balaban J connectivity index is 1.00. The van der Waals surface area contributed by atoms with Crippen molar-refractivity contribution in [2.24, 2.45) is 22.9 Å². The molecule has 0 saturated heterocycles. The lowest BCUT2D eigenvalue weighted by Gasteiger charge is -2.35. The SMILES string of the molecule is CC[C@@]1(OC(=O)CCC(=O)NCCCC[C@H](NC(=O)[C@H](CCCCN)NC(=O)[C@H](Cc2ccccc2)NC(=O)[C@@H](N)CCCCN)C(N)=O)C(=O)OCc2c1cc1n(c2=O)Cc2cc3ccccc3nc2-1. The number of pyridine rings is 2. The predicted molar refractivity (Wildman–Crippen MR) is 263 cm³/mol. The van der Waals surface area contributed by atoms with Crippen LogP contribution in [0.15, 0.2) is 71.5 Å². The molecule has 0 unspecified atom stereocenters. The van der Waals surface area contributed by atoms with Crippen LogP contribution in [0.1, 0.15) is 106 Å². The van der Waals surface area contributed by atoms with Crippen molar-refractivity contribution >= 4 is 52.4 Å². The average molecular weight is 979 g/mol. The van der Waals surface area contributed by atoms with Crippen molar-refractivity contribution in [3.05, 3.63) is 99.3 Å². The second-order valence-electron chi connectivity index (χ2n) is 18.0. The number of primary amides is 1. The molecular weight excluding hydrogens is 913 g/mol. The lowest BCUT2D eigenvalue weighted by atomic mass is 9.85. The number of carbonyl (C=O) groups is 7. The Morgan fingerprint density at radius 2 is 1.44 bits per heavy atom. The number of ether oxygens (including phenoxy) is 2. The Bertz CT molecular complexity index is 2640. The molecule has 380 valence electrons. The molecule has 0 radical (unpaired) electrons. The summed E-state index contributed by atoms with van der Waals surface area (Å²) in [6.45, 7) is 2.61. The summed E-state index contributed by atoms with van der Waals surface area (Å²) in [6, 6.07) is 16.1. The van der Waals surface area contributed by atoms with Gasteiger partial charge in [-0.25, -0.2) is 9.78 Å². The first-order valence-electron chi connectivity index (χ1n) is 24.4. The summed E-state index contributed by atoms with van der Waals surface area (Å²) in [5, 5.41) is 11.8. The zero-order chi connectivity index (χ0) is 51.1. The quantitative estimate of drug-likeness (QED) is 0.0273. The summed E-state index contributed by atoms with van der Waals surface area (Å²) >= 11 is 0. The van der Waals surface area contributed by atoms with Gasteiger partial charge >= 0.3 is 11.9 Å². The third-order valence-electron chi connectivity index (χ3n) is 12.9. The van der Waals surface area contributed by atoms with Crippen LogP contribution in [0.4, 0.5) is 0 Å². The van der Waals surface area contributed by atoms with Crippen molar-refractivity contribution in [1.29, 1.82) is 0 Å². The number of esters is 2. The number of nitrogens with zero attached hydrogens (tertiary/aromatic N) is 2. The van der Waals surface area contributed by atoms with Gasteiger partial charge < -0.3 is 58.2 Å². The van der Waals surface area contributed by atoms with Gasteiger partial charge in [0.1, 0.15) is 24.7 Å². The number of rotatable bonds is 27. The third-order valence-corrected chi connectivity index (χ3v) is 12.9. The highest BCUT2D eigenvalue weighted by Crippen LogP contribution is 2.41. The van der Waals surface area contributed by atoms with E-state index >= 15 is 0 Å². The van der Waals surface area contributed by atoms with Crippen LogP contribution >= 0.6 is 0 Å². The molecule has 2 aliphatic heterocycles. The number of amides is 5. The Morgan fingerprint density at radius 3 is 2.15 bits per heavy atom. The molecule has 2 aromatic heterocycles. The minimum absolute atomic E-state index is 0.0327. The van der Waals surface area contributed by atoms with Crippen LogP contribution in [-0.2, 0) is 68.2 Å². The first-order chi connectivity index (χ1) is 34.2. The van der Waals surface area contributed by atoms with E-state index in [4.69, 9.17) is 37.4 Å². The first kappa shape index (κ1) is 53.3. The van der Waals surface area contributed by atoms with Crippen LogP contribution in [0.3, 0.4) is 0 Å². The van der Waals surface area contributed by atoms with Crippen molar-refractivity contribution in [2.75, 3.05) is 19.6 Å². The van der Waals surface area contributed by atoms with Crippen LogP contribution in [0.25, 0.3) is 22.3 Å². The molecule has 2 aliphatic rings. The lowest BCUT2D eigenvalue weighted by molar-refractivity contribution is -0.189. The van der Waals surface area contributed by atoms with Gasteiger partial charge in [-0.15, -0.1) is 0 Å². The predicted octanol–water partition coefficient (Wildman–Crippen LogP) is 1.46. The van der Waals surface area contributed by atoms with Crippen LogP contribution < -0.4 is 49.8 Å². The van der Waals surface area contributed by atoms with Crippen molar-refractivity contribution in [3.63, 3.8) is 0 Å². The zero-order valence-corrected chi connectivity index (χ0v) is 40.2. The molecule has 0 saturated carbocycles. The highest BCUT2D eigenvalue weighted by atomic mass is 16.6. The van der Waals surface area contributed by atoms with Gasteiger partial charge in [0, 0.05) is 35.9 Å². The van der Waals surface area contributed by atoms with E-state index in [1.165, 1.54) is 0 Å². The largest absolute Gasteiger partial charge is 0.457 e. The number of nitrogens with one attached hydrogen (secondary N) is 4. The number of unbranched alkanes of at least 4 members (excludes halogenated alkanes) is 3. The van der Waals surface area contributed by atoms with Crippen LogP contribution in [0.2, 0.25) is 0 Å². The Labute approximate surface area is 411 Å². The fourth-order valence-electron chi connectivity index (χ4n) is 8.90. The molecule has 4 heterocycles. The molecule has 0 aliphatic carbocycles. The highest BCUT2D eigenvalue weighted by molar-refractivity contribution is 5.95. The number of hydrogen-bond donors (Lipinski definition) is 8. The number of nitrogens with two attached hydrogens (primary N) is 4. The highest BCUT2D eigenvalue weighted by Gasteiger charge is 2.50. The second-order valence-corrected chi connectivity index (χ2v) is 18.0. The van der Waals surface area contributed by atoms with Gasteiger partial charge in [-0.05, 0) is 94.6 Å². The number of para-hydroxylation sites is 1. The van der Waals surface area contributed by atoms with Gasteiger partial charge in [0.2, 0.25) is 35.1 Å². The van der Waals surface area contributed by atoms with E-state index in [-0.39, 0.29) is 74.9 Å². The maximum Gasteiger partial charge on any atom is 0.355 e. The third kappa shape index (κ3) is 13.4. The molecule has 71 heavy (non-hydrogen) atoms. The van der Waals surface area contributed by atoms with Crippen LogP contribution in [-0.4, -0.2) is 94.8 Å². The molecule has 0 spiro atoms. The van der Waals surface area contributed by atoms with Gasteiger partial charge in [-0.3, -0.25) is 33.6 Å². The van der Waals surface area contributed by atoms with Crippen LogP contribution in [0, 0.1) is 0 Å². The molecule has 2 aromatic carbocycles. The van der Waals surface area contributed by atoms with Gasteiger partial charge in [0.15, 0.2) is 0 Å². The number of benzene rings is 2. The molecule has 20 nitrogen and oxygen atoms in total. The molecule has 5 atom stereocenters. The average Bonchev–Trinajstić information content (AvgIpc) is 3.72. The summed E-state index contributed by atoms with van der Waals surface area (Å²) in [5.41, 5.74) is 24.7. The monoisotopic (exact) mass is 978 g/mol. The molecule has 6 rings (SSSR count). The van der Waals surface area contributed by atoms with E-state index in [2.05, 4.69) is 21.3 Å². The van der Waals surface area contributed by atoms with Gasteiger partial charge in [0.25, 0.3) is 5.56 Å². The van der Waals surface area contributed by atoms with Gasteiger partial charge in [-0.2, -0.15) is 0 Å². The smallest absolute Gasteiger partial charge is 0.355 e. The van der Waals surface area contributed by atoms with Crippen molar-refractivity contribution < 1.29 is 43.0 Å². The van der Waals surface area contributed by atoms with Crippen molar-refractivity contribution in [2.45, 2.75) is 133 Å². The summed E-state index contributed by atoms with van der Waals surface area (Å²) in [4.78, 5) is 112. The Kier molecular flexibility index (Phi) is 18.9. The lowest BCUT2D eigenvalue weighted by Crippen LogP contribution is -2.58. The van der Waals surface area contributed by atoms with E-state index in [0.717, 1.165) is 22.0 Å². The van der Waals surface area contributed by atoms with E-state index in [1.54, 1.807) is 29.7 Å². The topological polar surface area (TPSA) is 325 Å². The fourth-order valence-corrected chi connectivity index (χ4v) is 8.90. The molecule has 5 amide bonds. The Morgan fingerprint density at radius 1 is 0.789 bits per heavy atom. The Hall–Kier alpha value is -7.03. The summed E-state index contributed by atoms with van der Waals surface area (Å²) in [6.07, 6.45) is 3.20. The second kappa shape index (κ2) is 25.2. The summed E-state index contributed by atoms with van der Waals surface area (Å²) < 4.78 is 12.9. The number of aromatic nitrogens is 2. The molecule has 12 N–H and O–H groups in total. The maximum absolute atomic E-state index is 13.9. The van der Waals surface area contributed by atoms with E-state index < -0.39 is 71.2 Å². The van der Waals surface area contributed by atoms with Gasteiger partial charge in [0.05, 0.1) is 41.5 Å². The maximum atomic E-state index is 13.9. The number of carbonyl (C=O) groups excluding carboxylic acids is 7. The minimum atomic E-state index is -1.92. The molecule has 0 bridgehead atoms. The standard InChI is InChI=1S/C51H66N10O10/c1-2-51(35-28-41-44-33(27-32-16-6-7-18-37(32)57-44)29-61(41)49(68)34(35)30-70-50(51)69)71-43(63)22-21-42(62)56-25-13-10-19-38(45(55)64)58-47(66)39(20-9-12-24-53)59-48(67)40(26-31-14-4-3-5-15-31)60-46(65)36(54)17-8-11-23-52/h3-7,14-16,18,27-28,36,38-40H,2,8-13,17,19-26,29-30,52-54H2,1H3,(H2,55,64)(H,56,62)(H,58,66)(H,59,67)(H,60,65)/t36-,38-,39-,40-,51-/m0/s1. The van der Waals surface area contributed by atoms with Crippen LogP contribution in [0.5, 0.6) is 0 Å². The number of cyclic esters (lactones) is 1. The number of hydrogen-bond acceptors (Lipinski definition) is 14. The van der Waals surface area contributed by atoms with E-state index in [0.29, 0.717) is 69.4 Å². The number of fused-ring (bicyclic) bond motifs is 5. The van der Waals surface area contributed by atoms with Crippen molar-refractivity contribution in [1.82, 2.24) is 30.8 Å². The summed E-state index contributed by atoms with van der Waals surface area (Å²) in [5.74, 6) is -4.72. The van der Waals surface area contributed by atoms with E-state index in [1.807, 2.05) is 48.5 Å². The molecule has 0 fully saturated rings. The summed E-state index contributed by atoms with van der Waals surface area (Å²) in [7, 11) is 0. The normalized spacial score (nSPS) is 16.3. The zero-order valence-electron chi connectivity index (χ0n) is 40.2. The minimum Gasteiger partial charge on any atom is -0.457 e. The molecule has 20 heteroatoms. The van der Waals surface area contributed by atoms with Crippen molar-refractivity contribution in [3.8, 4) is 11.4 Å².